The molecule has 5 nitrogen and oxygen atoms in total. The second-order valence-corrected chi connectivity index (χ2v) is 7.71. The molecule has 2 saturated heterocycles. The zero-order valence-electron chi connectivity index (χ0n) is 15.0. The van der Waals surface area contributed by atoms with Crippen molar-refractivity contribution in [3.63, 3.8) is 0 Å². The number of piperidine rings is 1. The predicted octanol–water partition coefficient (Wildman–Crippen LogP) is 1.45. The number of aryl methyl sites for hydroxylation is 1. The van der Waals surface area contributed by atoms with Gasteiger partial charge in [-0.1, -0.05) is 24.3 Å². The molecule has 1 saturated carbocycles. The molecule has 0 spiro atoms. The quantitative estimate of drug-likeness (QED) is 0.905. The third-order valence-electron chi connectivity index (χ3n) is 6.07. The van der Waals surface area contributed by atoms with Crippen molar-refractivity contribution in [1.29, 1.82) is 0 Å². The van der Waals surface area contributed by atoms with E-state index >= 15 is 0 Å². The van der Waals surface area contributed by atoms with Crippen LogP contribution in [0, 0.1) is 6.92 Å². The van der Waals surface area contributed by atoms with Crippen molar-refractivity contribution in [2.24, 2.45) is 0 Å². The lowest BCUT2D eigenvalue weighted by Crippen LogP contribution is -2.58. The van der Waals surface area contributed by atoms with Gasteiger partial charge in [-0.05, 0) is 43.7 Å². The van der Waals surface area contributed by atoms with Crippen molar-refractivity contribution in [2.75, 3.05) is 32.7 Å². The summed E-state index contributed by atoms with van der Waals surface area (Å²) in [5.41, 5.74) is 2.10. The van der Waals surface area contributed by atoms with E-state index in [2.05, 4.69) is 24.4 Å². The summed E-state index contributed by atoms with van der Waals surface area (Å²) >= 11 is 0. The number of benzene rings is 1. The normalized spacial score (nSPS) is 25.8. The van der Waals surface area contributed by atoms with Gasteiger partial charge in [-0.15, -0.1) is 0 Å². The van der Waals surface area contributed by atoms with Gasteiger partial charge in [0.05, 0.1) is 12.0 Å². The minimum absolute atomic E-state index is 0.172. The molecule has 0 bridgehead atoms. The van der Waals surface area contributed by atoms with Crippen LogP contribution < -0.4 is 5.32 Å². The number of likely N-dealkylation sites (tertiary alicyclic amines) is 1. The summed E-state index contributed by atoms with van der Waals surface area (Å²) in [6.07, 6.45) is 3.89. The number of piperazine rings is 1. The Balaban J connectivity index is 1.51. The third-order valence-corrected chi connectivity index (χ3v) is 6.07. The van der Waals surface area contributed by atoms with Crippen LogP contribution in [0.25, 0.3) is 0 Å². The molecule has 1 N–H and O–H groups in total. The second-order valence-electron chi connectivity index (χ2n) is 7.71. The van der Waals surface area contributed by atoms with Gasteiger partial charge in [-0.2, -0.15) is 0 Å². The first-order valence-corrected chi connectivity index (χ1v) is 9.47. The fourth-order valence-electron chi connectivity index (χ4n) is 4.54. The molecule has 3 fully saturated rings. The molecule has 1 unspecified atom stereocenters. The highest BCUT2D eigenvalue weighted by atomic mass is 16.2. The minimum Gasteiger partial charge on any atom is -0.340 e. The summed E-state index contributed by atoms with van der Waals surface area (Å²) in [4.78, 5) is 29.6. The number of carbonyl (C=O) groups is 2. The van der Waals surface area contributed by atoms with Crippen LogP contribution in [-0.4, -0.2) is 60.4 Å². The lowest BCUT2D eigenvalue weighted by Gasteiger charge is -2.42. The zero-order chi connectivity index (χ0) is 17.4. The van der Waals surface area contributed by atoms with E-state index in [-0.39, 0.29) is 23.3 Å². The van der Waals surface area contributed by atoms with Crippen molar-refractivity contribution >= 4 is 11.8 Å². The Morgan fingerprint density at radius 3 is 2.76 bits per heavy atom. The monoisotopic (exact) mass is 341 g/mol. The highest BCUT2D eigenvalue weighted by Gasteiger charge is 2.54. The van der Waals surface area contributed by atoms with Crippen LogP contribution in [0.3, 0.4) is 0 Å². The molecule has 1 aromatic rings. The van der Waals surface area contributed by atoms with Crippen molar-refractivity contribution in [3.05, 3.63) is 35.4 Å². The first kappa shape index (κ1) is 16.6. The van der Waals surface area contributed by atoms with Gasteiger partial charge in [0.15, 0.2) is 0 Å². The van der Waals surface area contributed by atoms with Gasteiger partial charge in [0.25, 0.3) is 0 Å². The van der Waals surface area contributed by atoms with Crippen LogP contribution >= 0.6 is 0 Å². The molecule has 2 heterocycles. The Morgan fingerprint density at radius 2 is 2.04 bits per heavy atom. The second kappa shape index (κ2) is 6.45. The molecule has 134 valence electrons. The van der Waals surface area contributed by atoms with Crippen LogP contribution in [-0.2, 0) is 15.0 Å². The van der Waals surface area contributed by atoms with E-state index in [1.807, 2.05) is 21.9 Å². The first-order chi connectivity index (χ1) is 12.1. The summed E-state index contributed by atoms with van der Waals surface area (Å²) in [6, 6.07) is 8.46. The van der Waals surface area contributed by atoms with E-state index < -0.39 is 0 Å². The van der Waals surface area contributed by atoms with Gasteiger partial charge in [-0.25, -0.2) is 0 Å². The van der Waals surface area contributed by atoms with Gasteiger partial charge in [0, 0.05) is 32.2 Å². The van der Waals surface area contributed by atoms with Gasteiger partial charge >= 0.3 is 0 Å². The fraction of sp³-hybridized carbons (Fsp3) is 0.600. The molecule has 0 radical (unpaired) electrons. The highest BCUT2D eigenvalue weighted by Crippen LogP contribution is 2.51. The van der Waals surface area contributed by atoms with E-state index in [0.717, 1.165) is 45.3 Å². The molecule has 2 amide bonds. The molecule has 5 heteroatoms. The van der Waals surface area contributed by atoms with Crippen LogP contribution in [0.5, 0.6) is 0 Å². The van der Waals surface area contributed by atoms with Crippen LogP contribution in [0.1, 0.15) is 36.8 Å². The molecule has 2 aliphatic heterocycles. The number of hydrogen-bond acceptors (Lipinski definition) is 3. The number of nitrogens with one attached hydrogen (secondary N) is 1. The Morgan fingerprint density at radius 1 is 1.24 bits per heavy atom. The smallest absolute Gasteiger partial charge is 0.236 e. The number of hydrogen-bond donors (Lipinski definition) is 1. The number of nitrogens with zero attached hydrogens (tertiary/aromatic N) is 2. The largest absolute Gasteiger partial charge is 0.340 e. The summed E-state index contributed by atoms with van der Waals surface area (Å²) in [6.45, 7) is 5.65. The Hall–Kier alpha value is -1.88. The van der Waals surface area contributed by atoms with Crippen molar-refractivity contribution in [3.8, 4) is 0 Å². The molecular formula is C20H27N3O2. The topological polar surface area (TPSA) is 52.7 Å². The average Bonchev–Trinajstić information content (AvgIpc) is 3.44. The summed E-state index contributed by atoms with van der Waals surface area (Å²) < 4.78 is 0. The van der Waals surface area contributed by atoms with Gasteiger partial charge in [0.2, 0.25) is 11.8 Å². The van der Waals surface area contributed by atoms with Gasteiger partial charge in [-0.3, -0.25) is 9.59 Å². The molecule has 1 atom stereocenters. The van der Waals surface area contributed by atoms with Gasteiger partial charge < -0.3 is 15.1 Å². The standard InChI is InChI=1S/C20H27N3O2/c1-15-5-2-3-7-17(15)20(8-9-20)19(25)22-11-4-6-16(14-22)23-12-10-21-13-18(23)24/h2-3,5,7,16,21H,4,6,8-14H2,1H3. The molecule has 3 aliphatic rings. The maximum atomic E-state index is 13.4. The first-order valence-electron chi connectivity index (χ1n) is 9.47. The van der Waals surface area contributed by atoms with E-state index in [0.29, 0.717) is 13.1 Å². The fourth-order valence-corrected chi connectivity index (χ4v) is 4.54. The summed E-state index contributed by atoms with van der Waals surface area (Å²) in [5, 5.41) is 3.13. The molecule has 4 rings (SSSR count). The molecule has 1 aromatic carbocycles. The van der Waals surface area contributed by atoms with Gasteiger partial charge in [0.1, 0.15) is 0 Å². The van der Waals surface area contributed by atoms with E-state index in [1.54, 1.807) is 0 Å². The molecule has 0 aromatic heterocycles. The van der Waals surface area contributed by atoms with Crippen molar-refractivity contribution in [2.45, 2.75) is 44.1 Å². The lowest BCUT2D eigenvalue weighted by atomic mass is 9.89. The number of rotatable bonds is 3. The lowest BCUT2D eigenvalue weighted by molar-refractivity contribution is -0.141. The van der Waals surface area contributed by atoms with Crippen LogP contribution in [0.4, 0.5) is 0 Å². The van der Waals surface area contributed by atoms with Crippen LogP contribution in [0.15, 0.2) is 24.3 Å². The van der Waals surface area contributed by atoms with Crippen LogP contribution in [0.2, 0.25) is 0 Å². The third kappa shape index (κ3) is 2.95. The molecular weight excluding hydrogens is 314 g/mol. The van der Waals surface area contributed by atoms with Crippen molar-refractivity contribution in [1.82, 2.24) is 15.1 Å². The Bertz CT molecular complexity index is 683. The number of carbonyl (C=O) groups excluding carboxylic acids is 2. The SMILES string of the molecule is Cc1ccccc1C1(C(=O)N2CCCC(N3CCNCC3=O)C2)CC1. The average molecular weight is 341 g/mol. The maximum absolute atomic E-state index is 13.4. The summed E-state index contributed by atoms with van der Waals surface area (Å²) in [5.74, 6) is 0.444. The van der Waals surface area contributed by atoms with Crippen molar-refractivity contribution < 1.29 is 9.59 Å². The van der Waals surface area contributed by atoms with E-state index in [9.17, 15) is 9.59 Å². The summed E-state index contributed by atoms with van der Waals surface area (Å²) in [7, 11) is 0. The van der Waals surface area contributed by atoms with E-state index in [1.165, 1.54) is 11.1 Å². The molecule has 25 heavy (non-hydrogen) atoms. The Labute approximate surface area is 149 Å². The highest BCUT2D eigenvalue weighted by molar-refractivity contribution is 5.92. The Kier molecular flexibility index (Phi) is 4.28. The number of amides is 2. The maximum Gasteiger partial charge on any atom is 0.236 e. The molecule has 1 aliphatic carbocycles. The van der Waals surface area contributed by atoms with E-state index in [4.69, 9.17) is 0 Å². The predicted molar refractivity (Wildman–Crippen MR) is 96.3 cm³/mol. The zero-order valence-corrected chi connectivity index (χ0v) is 15.0. The minimum atomic E-state index is -0.305.